The van der Waals surface area contributed by atoms with E-state index in [4.69, 9.17) is 18.9 Å². The van der Waals surface area contributed by atoms with E-state index in [1.54, 1.807) is 35.9 Å². The highest BCUT2D eigenvalue weighted by molar-refractivity contribution is 6.00. The number of hydrogen-bond acceptors (Lipinski definition) is 8. The van der Waals surface area contributed by atoms with E-state index in [0.717, 1.165) is 0 Å². The van der Waals surface area contributed by atoms with E-state index < -0.39 is 11.8 Å². The Bertz CT molecular complexity index is 1030. The lowest BCUT2D eigenvalue weighted by molar-refractivity contribution is -0.200. The maximum atomic E-state index is 13.7. The molecule has 1 aromatic heterocycles. The van der Waals surface area contributed by atoms with Crippen molar-refractivity contribution in [3.05, 3.63) is 41.2 Å². The van der Waals surface area contributed by atoms with Crippen LogP contribution < -0.4 is 4.74 Å². The van der Waals surface area contributed by atoms with Crippen molar-refractivity contribution >= 4 is 11.9 Å². The Hall–Kier alpha value is -2.95. The number of piperidine rings is 1. The van der Waals surface area contributed by atoms with Crippen LogP contribution in [0.3, 0.4) is 0 Å². The van der Waals surface area contributed by atoms with Gasteiger partial charge in [-0.2, -0.15) is 5.10 Å². The zero-order chi connectivity index (χ0) is 23.0. The Labute approximate surface area is 191 Å². The van der Waals surface area contributed by atoms with Gasteiger partial charge in [0.2, 0.25) is 0 Å². The molecule has 3 aliphatic rings. The van der Waals surface area contributed by atoms with E-state index in [1.807, 2.05) is 12.1 Å². The van der Waals surface area contributed by atoms with E-state index in [0.29, 0.717) is 74.8 Å². The highest BCUT2D eigenvalue weighted by Gasteiger charge is 2.43. The van der Waals surface area contributed by atoms with E-state index in [-0.39, 0.29) is 18.2 Å². The highest BCUT2D eigenvalue weighted by Crippen LogP contribution is 2.34. The maximum absolute atomic E-state index is 13.7. The second-order valence-electron chi connectivity index (χ2n) is 8.25. The SMILES string of the molecule is CCOC(=O)c1nn(-c2ccc(OC)cc2)c2c1CCN(N1CCC3(CC1)OCCO3)C2=O. The smallest absolute Gasteiger partial charge is 0.359 e. The molecule has 2 saturated heterocycles. The van der Waals surface area contributed by atoms with Crippen molar-refractivity contribution < 1.29 is 28.5 Å². The number of benzene rings is 1. The molecular weight excluding hydrogens is 428 g/mol. The quantitative estimate of drug-likeness (QED) is 0.629. The van der Waals surface area contributed by atoms with Gasteiger partial charge < -0.3 is 18.9 Å². The monoisotopic (exact) mass is 456 g/mol. The van der Waals surface area contributed by atoms with Crippen LogP contribution >= 0.6 is 0 Å². The van der Waals surface area contributed by atoms with Gasteiger partial charge in [0.25, 0.3) is 5.91 Å². The molecule has 1 amide bonds. The van der Waals surface area contributed by atoms with Gasteiger partial charge in [-0.1, -0.05) is 0 Å². The van der Waals surface area contributed by atoms with Crippen molar-refractivity contribution in [3.8, 4) is 11.4 Å². The average molecular weight is 456 g/mol. The molecule has 2 fully saturated rings. The topological polar surface area (TPSA) is 95.4 Å². The molecular formula is C23H28N4O6. The Balaban J connectivity index is 1.46. The molecule has 3 aliphatic heterocycles. The van der Waals surface area contributed by atoms with Gasteiger partial charge in [0.05, 0.1) is 32.6 Å². The molecule has 0 bridgehead atoms. The number of ether oxygens (including phenoxy) is 4. The molecule has 10 heteroatoms. The summed E-state index contributed by atoms with van der Waals surface area (Å²) < 4.78 is 23.6. The number of carbonyl (C=O) groups excluding carboxylic acids is 2. The Kier molecular flexibility index (Phi) is 5.81. The number of fused-ring (bicyclic) bond motifs is 1. The first-order valence-corrected chi connectivity index (χ1v) is 11.3. The number of aromatic nitrogens is 2. The summed E-state index contributed by atoms with van der Waals surface area (Å²) >= 11 is 0. The predicted molar refractivity (Wildman–Crippen MR) is 116 cm³/mol. The van der Waals surface area contributed by atoms with E-state index in [2.05, 4.69) is 10.1 Å². The third-order valence-electron chi connectivity index (χ3n) is 6.44. The summed E-state index contributed by atoms with van der Waals surface area (Å²) in [4.78, 5) is 26.3. The van der Waals surface area contributed by atoms with Crippen LogP contribution in [-0.4, -0.2) is 84.0 Å². The second kappa shape index (κ2) is 8.77. The van der Waals surface area contributed by atoms with Crippen molar-refractivity contribution in [2.45, 2.75) is 32.0 Å². The lowest BCUT2D eigenvalue weighted by Crippen LogP contribution is -2.56. The third-order valence-corrected chi connectivity index (χ3v) is 6.44. The largest absolute Gasteiger partial charge is 0.497 e. The van der Waals surface area contributed by atoms with Gasteiger partial charge in [-0.15, -0.1) is 0 Å². The Morgan fingerprint density at radius 1 is 1.12 bits per heavy atom. The minimum atomic E-state index is -0.516. The first kappa shape index (κ1) is 21.9. The number of carbonyl (C=O) groups is 2. The normalized spacial score (nSPS) is 20.2. The second-order valence-corrected chi connectivity index (χ2v) is 8.25. The molecule has 0 unspecified atom stereocenters. The number of esters is 1. The van der Waals surface area contributed by atoms with Crippen molar-refractivity contribution in [1.82, 2.24) is 19.8 Å². The summed E-state index contributed by atoms with van der Waals surface area (Å²) in [5.74, 6) is -0.517. The number of amides is 1. The van der Waals surface area contributed by atoms with Crippen LogP contribution in [0.1, 0.15) is 46.3 Å². The number of hydrazine groups is 1. The molecule has 2 aromatic rings. The van der Waals surface area contributed by atoms with Crippen LogP contribution in [0, 0.1) is 0 Å². The molecule has 5 rings (SSSR count). The van der Waals surface area contributed by atoms with Crippen LogP contribution in [0.4, 0.5) is 0 Å². The summed E-state index contributed by atoms with van der Waals surface area (Å²) in [6.45, 7) is 5.00. The summed E-state index contributed by atoms with van der Waals surface area (Å²) in [7, 11) is 1.59. The molecule has 0 radical (unpaired) electrons. The summed E-state index contributed by atoms with van der Waals surface area (Å²) in [6.07, 6.45) is 1.92. The van der Waals surface area contributed by atoms with Crippen molar-refractivity contribution in [2.75, 3.05) is 46.6 Å². The molecule has 0 saturated carbocycles. The number of hydrogen-bond donors (Lipinski definition) is 0. The van der Waals surface area contributed by atoms with Crippen molar-refractivity contribution in [1.29, 1.82) is 0 Å². The molecule has 0 aliphatic carbocycles. The fraction of sp³-hybridized carbons (Fsp3) is 0.522. The summed E-state index contributed by atoms with van der Waals surface area (Å²) in [6, 6.07) is 7.22. The van der Waals surface area contributed by atoms with Gasteiger partial charge in [0.1, 0.15) is 11.4 Å². The summed E-state index contributed by atoms with van der Waals surface area (Å²) in [5, 5.41) is 8.34. The van der Waals surface area contributed by atoms with Crippen LogP contribution in [0.5, 0.6) is 5.75 Å². The van der Waals surface area contributed by atoms with Crippen LogP contribution in [0.25, 0.3) is 5.69 Å². The van der Waals surface area contributed by atoms with Crippen LogP contribution in [0.2, 0.25) is 0 Å². The first-order valence-electron chi connectivity index (χ1n) is 11.3. The molecule has 10 nitrogen and oxygen atoms in total. The van der Waals surface area contributed by atoms with Gasteiger partial charge in [-0.3, -0.25) is 9.80 Å². The zero-order valence-corrected chi connectivity index (χ0v) is 18.9. The molecule has 1 aromatic carbocycles. The number of methoxy groups -OCH3 is 1. The van der Waals surface area contributed by atoms with Gasteiger partial charge in [0, 0.05) is 38.0 Å². The molecule has 1 spiro atoms. The van der Waals surface area contributed by atoms with Crippen LogP contribution in [0.15, 0.2) is 24.3 Å². The predicted octanol–water partition coefficient (Wildman–Crippen LogP) is 1.81. The fourth-order valence-corrected chi connectivity index (χ4v) is 4.75. The minimum absolute atomic E-state index is 0.181. The summed E-state index contributed by atoms with van der Waals surface area (Å²) in [5.41, 5.74) is 1.88. The Morgan fingerprint density at radius 2 is 1.82 bits per heavy atom. The zero-order valence-electron chi connectivity index (χ0n) is 18.9. The van der Waals surface area contributed by atoms with Gasteiger partial charge in [-0.05, 0) is 37.6 Å². The molecule has 0 atom stereocenters. The van der Waals surface area contributed by atoms with Gasteiger partial charge in [-0.25, -0.2) is 14.5 Å². The Morgan fingerprint density at radius 3 is 2.45 bits per heavy atom. The molecule has 33 heavy (non-hydrogen) atoms. The van der Waals surface area contributed by atoms with Crippen molar-refractivity contribution in [3.63, 3.8) is 0 Å². The van der Waals surface area contributed by atoms with E-state index in [1.165, 1.54) is 0 Å². The number of rotatable bonds is 5. The molecule has 4 heterocycles. The lowest BCUT2D eigenvalue weighted by Gasteiger charge is -2.43. The van der Waals surface area contributed by atoms with Crippen molar-refractivity contribution in [2.24, 2.45) is 0 Å². The van der Waals surface area contributed by atoms with Gasteiger partial charge >= 0.3 is 5.97 Å². The number of nitrogens with zero attached hydrogens (tertiary/aromatic N) is 4. The highest BCUT2D eigenvalue weighted by atomic mass is 16.7. The lowest BCUT2D eigenvalue weighted by atomic mass is 10.0. The fourth-order valence-electron chi connectivity index (χ4n) is 4.75. The van der Waals surface area contributed by atoms with Crippen LogP contribution in [-0.2, 0) is 20.6 Å². The standard InChI is InChI=1S/C23H28N4O6/c1-3-31-22(29)19-18-8-11-26(25-12-9-23(10-13-25)32-14-15-33-23)21(28)20(18)27(24-19)16-4-6-17(30-2)7-5-16/h4-7H,3,8-15H2,1-2H3. The molecule has 0 N–H and O–H groups in total. The third kappa shape index (κ3) is 3.88. The average Bonchev–Trinajstić information content (AvgIpc) is 3.46. The van der Waals surface area contributed by atoms with E-state index >= 15 is 0 Å². The first-order chi connectivity index (χ1) is 16.0. The maximum Gasteiger partial charge on any atom is 0.359 e. The van der Waals surface area contributed by atoms with Gasteiger partial charge in [0.15, 0.2) is 11.5 Å². The van der Waals surface area contributed by atoms with E-state index in [9.17, 15) is 9.59 Å². The molecule has 176 valence electrons. The minimum Gasteiger partial charge on any atom is -0.497 e.